The van der Waals surface area contributed by atoms with Crippen LogP contribution >= 0.6 is 0 Å². The predicted molar refractivity (Wildman–Crippen MR) is 78.5 cm³/mol. The second-order valence-electron chi connectivity index (χ2n) is 5.31. The van der Waals surface area contributed by atoms with E-state index in [0.717, 1.165) is 37.8 Å². The van der Waals surface area contributed by atoms with Gasteiger partial charge in [0.15, 0.2) is 0 Å². The van der Waals surface area contributed by atoms with E-state index in [-0.39, 0.29) is 11.5 Å². The number of ether oxygens (including phenoxy) is 1. The molecule has 0 bridgehead atoms. The minimum Gasteiger partial charge on any atom is -0.496 e. The number of hydrogen-bond donors (Lipinski definition) is 1. The fourth-order valence-electron chi connectivity index (χ4n) is 2.62. The molecule has 1 amide bonds. The van der Waals surface area contributed by atoms with E-state index >= 15 is 0 Å². The summed E-state index contributed by atoms with van der Waals surface area (Å²) in [4.78, 5) is 25.1. The Morgan fingerprint density at radius 2 is 2.05 bits per heavy atom. The molecule has 1 aliphatic rings. The molecule has 1 heterocycles. The summed E-state index contributed by atoms with van der Waals surface area (Å²) in [5.41, 5.74) is 0.955. The van der Waals surface area contributed by atoms with Crippen LogP contribution in [0.1, 0.15) is 48.0 Å². The number of carboxylic acid groups (broad SMARTS) is 1. The van der Waals surface area contributed by atoms with Crippen molar-refractivity contribution in [2.24, 2.45) is 0 Å². The van der Waals surface area contributed by atoms with Gasteiger partial charge in [0.2, 0.25) is 5.91 Å². The number of nitrogens with zero attached hydrogens (tertiary/aromatic N) is 1. The fraction of sp³-hybridized carbons (Fsp3) is 0.500. The Hall–Kier alpha value is -2.04. The summed E-state index contributed by atoms with van der Waals surface area (Å²) in [6.07, 6.45) is 4.74. The number of carbonyl (C=O) groups excluding carboxylic acids is 1. The normalized spacial score (nSPS) is 16.2. The summed E-state index contributed by atoms with van der Waals surface area (Å²) in [5.74, 6) is -0.217. The molecule has 5 nitrogen and oxygen atoms in total. The molecule has 0 spiro atoms. The lowest BCUT2D eigenvalue weighted by molar-refractivity contribution is -0.132. The van der Waals surface area contributed by atoms with E-state index in [4.69, 9.17) is 9.84 Å². The lowest BCUT2D eigenvalue weighted by Gasteiger charge is -2.25. The van der Waals surface area contributed by atoms with E-state index in [1.54, 1.807) is 19.2 Å². The zero-order valence-corrected chi connectivity index (χ0v) is 12.3. The van der Waals surface area contributed by atoms with Gasteiger partial charge in [0.1, 0.15) is 5.75 Å². The topological polar surface area (TPSA) is 66.8 Å². The van der Waals surface area contributed by atoms with Gasteiger partial charge in [-0.2, -0.15) is 0 Å². The first-order valence-electron chi connectivity index (χ1n) is 7.30. The van der Waals surface area contributed by atoms with Gasteiger partial charge in [-0.3, -0.25) is 4.79 Å². The van der Waals surface area contributed by atoms with Gasteiger partial charge < -0.3 is 14.7 Å². The van der Waals surface area contributed by atoms with Crippen molar-refractivity contribution in [1.29, 1.82) is 0 Å². The Labute approximate surface area is 124 Å². The number of carboxylic acids is 1. The molecular weight excluding hydrogens is 270 g/mol. The average Bonchev–Trinajstić information content (AvgIpc) is 2.46. The Morgan fingerprint density at radius 1 is 1.29 bits per heavy atom. The summed E-state index contributed by atoms with van der Waals surface area (Å²) in [7, 11) is 1.55. The highest BCUT2D eigenvalue weighted by Gasteiger charge is 2.18. The predicted octanol–water partition coefficient (Wildman–Crippen LogP) is 2.69. The summed E-state index contributed by atoms with van der Waals surface area (Å²) in [5, 5.41) is 9.09. The van der Waals surface area contributed by atoms with Crippen molar-refractivity contribution in [3.05, 3.63) is 29.3 Å². The van der Waals surface area contributed by atoms with Crippen LogP contribution in [-0.4, -0.2) is 35.5 Å². The number of rotatable bonds is 4. The molecule has 1 saturated heterocycles. The molecule has 1 aromatic rings. The van der Waals surface area contributed by atoms with E-state index in [0.29, 0.717) is 18.7 Å². The molecule has 1 aromatic carbocycles. The van der Waals surface area contributed by atoms with Gasteiger partial charge in [0.25, 0.3) is 0 Å². The molecule has 1 N–H and O–H groups in total. The molecule has 5 heteroatoms. The van der Waals surface area contributed by atoms with Crippen LogP contribution in [0.3, 0.4) is 0 Å². The Bertz CT molecular complexity index is 527. The third kappa shape index (κ3) is 3.97. The first kappa shape index (κ1) is 15.4. The lowest BCUT2D eigenvalue weighted by Crippen LogP contribution is -2.32. The summed E-state index contributed by atoms with van der Waals surface area (Å²) in [6.45, 7) is 1.13. The van der Waals surface area contributed by atoms with Gasteiger partial charge in [-0.1, -0.05) is 12.8 Å². The standard InChI is InChI=1S/C16H21NO4/c1-21-14-8-7-12(16(19)20)10-13(14)11-17-9-5-3-2-4-6-15(17)18/h7-8,10H,2-6,9,11H2,1H3,(H,19,20). The molecule has 1 aliphatic heterocycles. The van der Waals surface area contributed by atoms with Gasteiger partial charge in [-0.05, 0) is 31.0 Å². The number of amides is 1. The van der Waals surface area contributed by atoms with Crippen LogP contribution in [0.2, 0.25) is 0 Å². The maximum Gasteiger partial charge on any atom is 0.335 e. The highest BCUT2D eigenvalue weighted by Crippen LogP contribution is 2.23. The number of likely N-dealkylation sites (tertiary alicyclic amines) is 1. The number of benzene rings is 1. The molecule has 0 radical (unpaired) electrons. The zero-order chi connectivity index (χ0) is 15.2. The molecule has 0 unspecified atom stereocenters. The van der Waals surface area contributed by atoms with Crippen molar-refractivity contribution in [3.63, 3.8) is 0 Å². The van der Waals surface area contributed by atoms with Crippen molar-refractivity contribution < 1.29 is 19.4 Å². The smallest absolute Gasteiger partial charge is 0.335 e. The Balaban J connectivity index is 2.21. The number of aromatic carboxylic acids is 1. The number of methoxy groups -OCH3 is 1. The van der Waals surface area contributed by atoms with Crippen molar-refractivity contribution in [1.82, 2.24) is 4.90 Å². The number of hydrogen-bond acceptors (Lipinski definition) is 3. The van der Waals surface area contributed by atoms with E-state index in [2.05, 4.69) is 0 Å². The van der Waals surface area contributed by atoms with Gasteiger partial charge in [-0.15, -0.1) is 0 Å². The van der Waals surface area contributed by atoms with Crippen molar-refractivity contribution in [3.8, 4) is 5.75 Å². The SMILES string of the molecule is COc1ccc(C(=O)O)cc1CN1CCCCCCC1=O. The zero-order valence-electron chi connectivity index (χ0n) is 12.3. The summed E-state index contributed by atoms with van der Waals surface area (Å²) in [6, 6.07) is 4.75. The van der Waals surface area contributed by atoms with Crippen LogP contribution in [0.5, 0.6) is 5.75 Å². The maximum absolute atomic E-state index is 12.2. The highest BCUT2D eigenvalue weighted by molar-refractivity contribution is 5.88. The van der Waals surface area contributed by atoms with Crippen LogP contribution in [0, 0.1) is 0 Å². The van der Waals surface area contributed by atoms with E-state index in [9.17, 15) is 9.59 Å². The lowest BCUT2D eigenvalue weighted by atomic mass is 10.1. The molecule has 0 aromatic heterocycles. The van der Waals surface area contributed by atoms with E-state index < -0.39 is 5.97 Å². The molecule has 0 atom stereocenters. The minimum atomic E-state index is -0.974. The van der Waals surface area contributed by atoms with Gasteiger partial charge in [-0.25, -0.2) is 4.79 Å². The fourth-order valence-corrected chi connectivity index (χ4v) is 2.62. The second kappa shape index (κ2) is 7.11. The van der Waals surface area contributed by atoms with E-state index in [1.807, 2.05) is 4.90 Å². The third-order valence-electron chi connectivity index (χ3n) is 3.81. The van der Waals surface area contributed by atoms with Crippen molar-refractivity contribution in [2.45, 2.75) is 38.6 Å². The van der Waals surface area contributed by atoms with Gasteiger partial charge in [0.05, 0.1) is 12.7 Å². The molecule has 0 saturated carbocycles. The summed E-state index contributed by atoms with van der Waals surface area (Å²) < 4.78 is 5.28. The molecule has 114 valence electrons. The number of carbonyl (C=O) groups is 2. The Morgan fingerprint density at radius 3 is 2.76 bits per heavy atom. The van der Waals surface area contributed by atoms with Crippen LogP contribution in [0.25, 0.3) is 0 Å². The first-order valence-corrected chi connectivity index (χ1v) is 7.30. The quantitative estimate of drug-likeness (QED) is 0.926. The van der Waals surface area contributed by atoms with Crippen LogP contribution in [0.15, 0.2) is 18.2 Å². The largest absolute Gasteiger partial charge is 0.496 e. The van der Waals surface area contributed by atoms with Crippen molar-refractivity contribution >= 4 is 11.9 Å². The van der Waals surface area contributed by atoms with Crippen molar-refractivity contribution in [2.75, 3.05) is 13.7 Å². The van der Waals surface area contributed by atoms with Crippen LogP contribution < -0.4 is 4.74 Å². The monoisotopic (exact) mass is 291 g/mol. The van der Waals surface area contributed by atoms with Gasteiger partial charge in [0, 0.05) is 25.1 Å². The minimum absolute atomic E-state index is 0.137. The average molecular weight is 291 g/mol. The maximum atomic E-state index is 12.2. The molecule has 0 aliphatic carbocycles. The summed E-state index contributed by atoms with van der Waals surface area (Å²) >= 11 is 0. The third-order valence-corrected chi connectivity index (χ3v) is 3.81. The highest BCUT2D eigenvalue weighted by atomic mass is 16.5. The molecule has 21 heavy (non-hydrogen) atoms. The Kier molecular flexibility index (Phi) is 5.20. The van der Waals surface area contributed by atoms with Gasteiger partial charge >= 0.3 is 5.97 Å². The molecule has 1 fully saturated rings. The second-order valence-corrected chi connectivity index (χ2v) is 5.31. The molecular formula is C16H21NO4. The van der Waals surface area contributed by atoms with Crippen LogP contribution in [-0.2, 0) is 11.3 Å². The van der Waals surface area contributed by atoms with E-state index in [1.165, 1.54) is 6.07 Å². The van der Waals surface area contributed by atoms with Crippen LogP contribution in [0.4, 0.5) is 0 Å². The first-order chi connectivity index (χ1) is 10.1. The molecule has 2 rings (SSSR count).